The Morgan fingerprint density at radius 3 is 2.55 bits per heavy atom. The number of aromatic nitrogens is 3. The van der Waals surface area contributed by atoms with Crippen molar-refractivity contribution in [2.75, 3.05) is 11.9 Å². The fraction of sp³-hybridized carbons (Fsp3) is 0.400. The van der Waals surface area contributed by atoms with Crippen molar-refractivity contribution in [1.82, 2.24) is 15.0 Å². The second kappa shape index (κ2) is 3.79. The van der Waals surface area contributed by atoms with E-state index < -0.39 is 6.29 Å². The van der Waals surface area contributed by atoms with Crippen molar-refractivity contribution in [2.45, 2.75) is 6.29 Å². The van der Waals surface area contributed by atoms with Gasteiger partial charge in [0.2, 0.25) is 5.95 Å². The third-order valence-corrected chi connectivity index (χ3v) is 0.936. The molecule has 1 rings (SSSR count). The van der Waals surface area contributed by atoms with Crippen LogP contribution in [0.15, 0.2) is 12.7 Å². The zero-order valence-corrected chi connectivity index (χ0v) is 5.68. The topological polar surface area (TPSA) is 91.2 Å². The Kier molecular flexibility index (Phi) is 2.70. The second-order valence-electron chi connectivity index (χ2n) is 1.82. The molecule has 0 fully saturated rings. The lowest BCUT2D eigenvalue weighted by Gasteiger charge is -2.03. The molecule has 0 saturated heterocycles. The van der Waals surface area contributed by atoms with Crippen LogP contribution >= 0.6 is 0 Å². The highest BCUT2D eigenvalue weighted by Crippen LogP contribution is 1.90. The van der Waals surface area contributed by atoms with Crippen molar-refractivity contribution < 1.29 is 10.2 Å². The van der Waals surface area contributed by atoms with Gasteiger partial charge in [-0.3, -0.25) is 0 Å². The van der Waals surface area contributed by atoms with E-state index in [2.05, 4.69) is 20.3 Å². The molecule has 1 aromatic rings. The van der Waals surface area contributed by atoms with Gasteiger partial charge in [0, 0.05) is 0 Å². The van der Waals surface area contributed by atoms with E-state index in [9.17, 15) is 0 Å². The number of nitrogens with zero attached hydrogens (tertiary/aromatic N) is 3. The summed E-state index contributed by atoms with van der Waals surface area (Å²) in [6.45, 7) is 0.00398. The van der Waals surface area contributed by atoms with Gasteiger partial charge < -0.3 is 15.5 Å². The minimum atomic E-state index is -1.40. The molecule has 0 aromatic carbocycles. The summed E-state index contributed by atoms with van der Waals surface area (Å²) >= 11 is 0. The first-order chi connectivity index (χ1) is 5.29. The Morgan fingerprint density at radius 1 is 1.36 bits per heavy atom. The van der Waals surface area contributed by atoms with Crippen LogP contribution in [0.1, 0.15) is 0 Å². The van der Waals surface area contributed by atoms with Gasteiger partial charge in [0.15, 0.2) is 6.29 Å². The van der Waals surface area contributed by atoms with Gasteiger partial charge in [-0.15, -0.1) is 0 Å². The van der Waals surface area contributed by atoms with Crippen LogP contribution in [0, 0.1) is 0 Å². The van der Waals surface area contributed by atoms with E-state index in [0.29, 0.717) is 5.95 Å². The van der Waals surface area contributed by atoms with Crippen molar-refractivity contribution in [2.24, 2.45) is 0 Å². The molecule has 6 heteroatoms. The SMILES string of the molecule is OC(O)CNc1ncncn1. The highest BCUT2D eigenvalue weighted by atomic mass is 16.5. The first kappa shape index (κ1) is 7.83. The van der Waals surface area contributed by atoms with Crippen molar-refractivity contribution in [3.05, 3.63) is 12.7 Å². The maximum Gasteiger partial charge on any atom is 0.225 e. The summed E-state index contributed by atoms with van der Waals surface area (Å²) in [5, 5.41) is 19.5. The second-order valence-corrected chi connectivity index (χ2v) is 1.82. The molecule has 0 saturated carbocycles. The Labute approximate surface area is 63.0 Å². The Bertz CT molecular complexity index is 203. The first-order valence-electron chi connectivity index (χ1n) is 3.01. The summed E-state index contributed by atoms with van der Waals surface area (Å²) < 4.78 is 0. The predicted molar refractivity (Wildman–Crippen MR) is 36.5 cm³/mol. The van der Waals surface area contributed by atoms with E-state index in [0.717, 1.165) is 0 Å². The molecule has 0 aliphatic rings. The van der Waals surface area contributed by atoms with Crippen LogP contribution in [0.5, 0.6) is 0 Å². The van der Waals surface area contributed by atoms with Gasteiger partial charge in [0.05, 0.1) is 6.54 Å². The van der Waals surface area contributed by atoms with Crippen LogP contribution < -0.4 is 5.32 Å². The molecule has 0 bridgehead atoms. The Balaban J connectivity index is 2.39. The molecule has 60 valence electrons. The van der Waals surface area contributed by atoms with E-state index >= 15 is 0 Å². The summed E-state index contributed by atoms with van der Waals surface area (Å²) in [6, 6.07) is 0. The summed E-state index contributed by atoms with van der Waals surface area (Å²) in [7, 11) is 0. The first-order valence-corrected chi connectivity index (χ1v) is 3.01. The number of hydrogen-bond acceptors (Lipinski definition) is 6. The largest absolute Gasteiger partial charge is 0.367 e. The van der Waals surface area contributed by atoms with Crippen molar-refractivity contribution in [3.8, 4) is 0 Å². The van der Waals surface area contributed by atoms with Crippen LogP contribution in [-0.2, 0) is 0 Å². The van der Waals surface area contributed by atoms with Crippen molar-refractivity contribution in [1.29, 1.82) is 0 Å². The molecule has 1 aromatic heterocycles. The zero-order valence-electron chi connectivity index (χ0n) is 5.68. The highest BCUT2D eigenvalue weighted by Gasteiger charge is 1.97. The third kappa shape index (κ3) is 2.87. The van der Waals surface area contributed by atoms with Gasteiger partial charge in [-0.1, -0.05) is 0 Å². The normalized spacial score (nSPS) is 10.1. The van der Waals surface area contributed by atoms with E-state index in [1.807, 2.05) is 0 Å². The number of aliphatic hydroxyl groups is 2. The maximum atomic E-state index is 8.44. The van der Waals surface area contributed by atoms with Crippen LogP contribution in [0.3, 0.4) is 0 Å². The molecular weight excluding hydrogens is 148 g/mol. The molecule has 0 radical (unpaired) electrons. The summed E-state index contributed by atoms with van der Waals surface area (Å²) in [5.41, 5.74) is 0. The standard InChI is InChI=1S/C5H8N4O2/c10-4(11)1-7-5-8-2-6-3-9-5/h2-4,10-11H,1H2,(H,6,7,8,9). The van der Waals surface area contributed by atoms with Crippen LogP contribution in [0.2, 0.25) is 0 Å². The third-order valence-electron chi connectivity index (χ3n) is 0.936. The van der Waals surface area contributed by atoms with E-state index in [4.69, 9.17) is 10.2 Å². The molecule has 0 spiro atoms. The van der Waals surface area contributed by atoms with Gasteiger partial charge in [-0.05, 0) is 0 Å². The summed E-state index contributed by atoms with van der Waals surface area (Å²) in [6.07, 6.45) is 1.24. The lowest BCUT2D eigenvalue weighted by atomic mass is 10.6. The van der Waals surface area contributed by atoms with Crippen LogP contribution in [-0.4, -0.2) is 38.0 Å². The number of anilines is 1. The number of aliphatic hydroxyl groups excluding tert-OH is 1. The average Bonchev–Trinajstić information content (AvgIpc) is 2.03. The van der Waals surface area contributed by atoms with Gasteiger partial charge in [-0.2, -0.15) is 0 Å². The van der Waals surface area contributed by atoms with E-state index in [-0.39, 0.29) is 6.54 Å². The zero-order chi connectivity index (χ0) is 8.10. The number of nitrogens with one attached hydrogen (secondary N) is 1. The number of rotatable bonds is 3. The van der Waals surface area contributed by atoms with E-state index in [1.165, 1.54) is 12.7 Å². The fourth-order valence-corrected chi connectivity index (χ4v) is 0.513. The smallest absolute Gasteiger partial charge is 0.225 e. The predicted octanol–water partition coefficient (Wildman–Crippen LogP) is -1.41. The molecule has 0 atom stereocenters. The Morgan fingerprint density at radius 2 is 2.00 bits per heavy atom. The lowest BCUT2D eigenvalue weighted by Crippen LogP contribution is -2.19. The quantitative estimate of drug-likeness (QED) is 0.466. The van der Waals surface area contributed by atoms with Gasteiger partial charge >= 0.3 is 0 Å². The average molecular weight is 156 g/mol. The minimum Gasteiger partial charge on any atom is -0.367 e. The van der Waals surface area contributed by atoms with Crippen molar-refractivity contribution in [3.63, 3.8) is 0 Å². The summed E-state index contributed by atoms with van der Waals surface area (Å²) in [4.78, 5) is 11.0. The molecule has 0 aliphatic carbocycles. The molecule has 11 heavy (non-hydrogen) atoms. The Hall–Kier alpha value is -1.27. The molecule has 3 N–H and O–H groups in total. The summed E-state index contributed by atoms with van der Waals surface area (Å²) in [5.74, 6) is 0.327. The molecular formula is C5H8N4O2. The number of hydrogen-bond donors (Lipinski definition) is 3. The van der Waals surface area contributed by atoms with Gasteiger partial charge in [0.1, 0.15) is 12.7 Å². The molecule has 0 aliphatic heterocycles. The molecule has 0 unspecified atom stereocenters. The van der Waals surface area contributed by atoms with Crippen LogP contribution in [0.25, 0.3) is 0 Å². The minimum absolute atomic E-state index is 0.00398. The molecule has 6 nitrogen and oxygen atoms in total. The highest BCUT2D eigenvalue weighted by molar-refractivity contribution is 5.20. The lowest BCUT2D eigenvalue weighted by molar-refractivity contribution is -0.0276. The fourth-order valence-electron chi connectivity index (χ4n) is 0.513. The van der Waals surface area contributed by atoms with Gasteiger partial charge in [-0.25, -0.2) is 15.0 Å². The maximum absolute atomic E-state index is 8.44. The monoisotopic (exact) mass is 156 g/mol. The molecule has 0 amide bonds. The van der Waals surface area contributed by atoms with Crippen molar-refractivity contribution >= 4 is 5.95 Å². The van der Waals surface area contributed by atoms with Gasteiger partial charge in [0.25, 0.3) is 0 Å². The molecule has 1 heterocycles. The van der Waals surface area contributed by atoms with E-state index in [1.54, 1.807) is 0 Å². The van der Waals surface area contributed by atoms with Crippen LogP contribution in [0.4, 0.5) is 5.95 Å².